The lowest BCUT2D eigenvalue weighted by Gasteiger charge is -1.98. The number of thioether (sulfide) groups is 2. The van der Waals surface area contributed by atoms with Crippen LogP contribution in [0.3, 0.4) is 0 Å². The van der Waals surface area contributed by atoms with Crippen molar-refractivity contribution in [1.29, 1.82) is 0 Å². The molecule has 6 nitrogen and oxygen atoms in total. The molecular formula is C21H14N2O4S2. The van der Waals surface area contributed by atoms with Crippen LogP contribution in [0.2, 0.25) is 0 Å². The molecule has 0 N–H and O–H groups in total. The van der Waals surface area contributed by atoms with Crippen LogP contribution in [0.5, 0.6) is 0 Å². The second kappa shape index (κ2) is 8.50. The highest BCUT2D eigenvalue weighted by atomic mass is 32.2. The Balaban J connectivity index is 1.52. The molecule has 0 aliphatic carbocycles. The summed E-state index contributed by atoms with van der Waals surface area (Å²) in [6.07, 6.45) is 1.56. The summed E-state index contributed by atoms with van der Waals surface area (Å²) >= 11 is 2.60. The first-order chi connectivity index (χ1) is 14.1. The fourth-order valence-corrected chi connectivity index (χ4v) is 4.52. The van der Waals surface area contributed by atoms with Crippen molar-refractivity contribution in [2.24, 2.45) is 4.99 Å². The average Bonchev–Trinajstić information content (AvgIpc) is 3.34. The normalized spacial score (nSPS) is 15.0. The summed E-state index contributed by atoms with van der Waals surface area (Å²) in [5.74, 6) is 1.51. The summed E-state index contributed by atoms with van der Waals surface area (Å²) in [6.45, 7) is 0. The second-order valence-electron chi connectivity index (χ2n) is 6.05. The van der Waals surface area contributed by atoms with Crippen LogP contribution in [0, 0.1) is 10.1 Å². The zero-order valence-corrected chi connectivity index (χ0v) is 16.6. The van der Waals surface area contributed by atoms with Crippen LogP contribution in [0.25, 0.3) is 17.4 Å². The average molecular weight is 422 g/mol. The summed E-state index contributed by atoms with van der Waals surface area (Å²) in [5, 5.41) is 11.1. The van der Waals surface area contributed by atoms with Crippen LogP contribution < -0.4 is 0 Å². The Morgan fingerprint density at radius 3 is 2.62 bits per heavy atom. The summed E-state index contributed by atoms with van der Waals surface area (Å²) in [4.78, 5) is 27.4. The number of para-hydroxylation sites is 1. The molecule has 2 heterocycles. The first-order valence-electron chi connectivity index (χ1n) is 8.63. The Morgan fingerprint density at radius 1 is 1.07 bits per heavy atom. The van der Waals surface area contributed by atoms with Gasteiger partial charge in [-0.1, -0.05) is 54.2 Å². The summed E-state index contributed by atoms with van der Waals surface area (Å²) in [6, 6.07) is 19.6. The van der Waals surface area contributed by atoms with Crippen LogP contribution in [-0.4, -0.2) is 14.4 Å². The lowest BCUT2D eigenvalue weighted by molar-refractivity contribution is -0.384. The largest absolute Gasteiger partial charge is 0.456 e. The van der Waals surface area contributed by atoms with E-state index in [1.807, 2.05) is 30.3 Å². The molecule has 0 saturated heterocycles. The smallest absolute Gasteiger partial charge is 0.280 e. The molecule has 0 atom stereocenters. The van der Waals surface area contributed by atoms with Crippen molar-refractivity contribution < 1.29 is 14.1 Å². The number of hydrogen-bond acceptors (Lipinski definition) is 7. The Morgan fingerprint density at radius 2 is 1.83 bits per heavy atom. The van der Waals surface area contributed by atoms with Crippen LogP contribution in [0.4, 0.5) is 5.69 Å². The van der Waals surface area contributed by atoms with Crippen molar-refractivity contribution in [2.45, 2.75) is 5.75 Å². The number of nitro groups is 1. The molecule has 1 aliphatic heterocycles. The fraction of sp³-hybridized carbons (Fsp3) is 0.0476. The minimum Gasteiger partial charge on any atom is -0.456 e. The highest BCUT2D eigenvalue weighted by Gasteiger charge is 2.23. The minimum absolute atomic E-state index is 0.0360. The summed E-state index contributed by atoms with van der Waals surface area (Å²) in [5.41, 5.74) is 1.81. The maximum Gasteiger partial charge on any atom is 0.280 e. The van der Waals surface area contributed by atoms with Gasteiger partial charge in [0.1, 0.15) is 21.6 Å². The Bertz CT molecular complexity index is 1140. The lowest BCUT2D eigenvalue weighted by atomic mass is 10.1. The van der Waals surface area contributed by atoms with E-state index < -0.39 is 4.92 Å². The highest BCUT2D eigenvalue weighted by molar-refractivity contribution is 8.45. The number of aliphatic imine (C=N–C) groups is 1. The van der Waals surface area contributed by atoms with Gasteiger partial charge in [0.2, 0.25) is 5.12 Å². The third kappa shape index (κ3) is 4.49. The molecule has 0 unspecified atom stereocenters. The molecule has 0 spiro atoms. The van der Waals surface area contributed by atoms with Crippen LogP contribution in [0.1, 0.15) is 11.3 Å². The van der Waals surface area contributed by atoms with Gasteiger partial charge >= 0.3 is 0 Å². The van der Waals surface area contributed by atoms with Gasteiger partial charge < -0.3 is 4.42 Å². The van der Waals surface area contributed by atoms with E-state index in [1.54, 1.807) is 36.4 Å². The van der Waals surface area contributed by atoms with Crippen molar-refractivity contribution >= 4 is 44.8 Å². The zero-order valence-electron chi connectivity index (χ0n) is 15.0. The molecule has 0 radical (unpaired) electrons. The molecule has 0 amide bonds. The van der Waals surface area contributed by atoms with Gasteiger partial charge in [-0.05, 0) is 35.5 Å². The van der Waals surface area contributed by atoms with Gasteiger partial charge in [0.25, 0.3) is 5.69 Å². The number of nitro benzene ring substituents is 1. The number of rotatable bonds is 5. The Hall–Kier alpha value is -3.10. The third-order valence-corrected chi connectivity index (χ3v) is 6.16. The lowest BCUT2D eigenvalue weighted by Crippen LogP contribution is -1.90. The van der Waals surface area contributed by atoms with E-state index in [0.717, 1.165) is 23.1 Å². The first kappa shape index (κ1) is 19.2. The number of furan rings is 1. The van der Waals surface area contributed by atoms with Crippen molar-refractivity contribution in [3.05, 3.63) is 93.9 Å². The molecule has 4 rings (SSSR count). The maximum atomic E-state index is 12.3. The molecule has 3 aromatic rings. The maximum absolute atomic E-state index is 12.3. The van der Waals surface area contributed by atoms with E-state index in [9.17, 15) is 14.9 Å². The van der Waals surface area contributed by atoms with Gasteiger partial charge in [-0.15, -0.1) is 0 Å². The predicted octanol–water partition coefficient (Wildman–Crippen LogP) is 5.76. The molecule has 29 heavy (non-hydrogen) atoms. The number of carbonyl (C=O) groups is 1. The van der Waals surface area contributed by atoms with Crippen molar-refractivity contribution in [3.8, 4) is 11.3 Å². The number of carbonyl (C=O) groups excluding carboxylic acids is 1. The molecule has 0 bridgehead atoms. The van der Waals surface area contributed by atoms with Crippen molar-refractivity contribution in [1.82, 2.24) is 0 Å². The van der Waals surface area contributed by atoms with Crippen molar-refractivity contribution in [3.63, 3.8) is 0 Å². The molecule has 8 heteroatoms. The molecular weight excluding hydrogens is 408 g/mol. The SMILES string of the molecule is O=C1SC(SCc2ccccc2)=NC1=Cc1ccc(-c2ccccc2[N+](=O)[O-])o1. The number of nitrogens with zero attached hydrogens (tertiary/aromatic N) is 2. The van der Waals surface area contributed by atoms with Gasteiger partial charge in [0, 0.05) is 17.9 Å². The highest BCUT2D eigenvalue weighted by Crippen LogP contribution is 2.34. The second-order valence-corrected chi connectivity index (χ2v) is 8.23. The van der Waals surface area contributed by atoms with E-state index in [0.29, 0.717) is 27.2 Å². The van der Waals surface area contributed by atoms with Crippen LogP contribution in [0.15, 0.2) is 81.8 Å². The number of benzene rings is 2. The topological polar surface area (TPSA) is 85.7 Å². The van der Waals surface area contributed by atoms with Gasteiger partial charge in [0.15, 0.2) is 0 Å². The number of hydrogen-bond donors (Lipinski definition) is 0. The van der Waals surface area contributed by atoms with Gasteiger partial charge in [-0.2, -0.15) is 0 Å². The third-order valence-electron chi connectivity index (χ3n) is 4.08. The monoisotopic (exact) mass is 422 g/mol. The molecule has 1 aromatic heterocycles. The molecule has 1 aliphatic rings. The first-order valence-corrected chi connectivity index (χ1v) is 10.4. The Labute approximate surface area is 174 Å². The van der Waals surface area contributed by atoms with Gasteiger partial charge in [-0.25, -0.2) is 4.99 Å². The quantitative estimate of drug-likeness (QED) is 0.295. The predicted molar refractivity (Wildman–Crippen MR) is 117 cm³/mol. The Kier molecular flexibility index (Phi) is 5.64. The fourth-order valence-electron chi connectivity index (χ4n) is 2.72. The van der Waals surface area contributed by atoms with E-state index in [1.165, 1.54) is 17.8 Å². The van der Waals surface area contributed by atoms with Crippen LogP contribution in [-0.2, 0) is 10.5 Å². The van der Waals surface area contributed by atoms with Crippen LogP contribution >= 0.6 is 23.5 Å². The van der Waals surface area contributed by atoms with E-state index in [4.69, 9.17) is 4.42 Å². The van der Waals surface area contributed by atoms with Gasteiger partial charge in [0.05, 0.1) is 10.5 Å². The minimum atomic E-state index is -0.451. The molecule has 2 aromatic carbocycles. The van der Waals surface area contributed by atoms with E-state index in [-0.39, 0.29) is 10.8 Å². The summed E-state index contributed by atoms with van der Waals surface area (Å²) in [7, 11) is 0. The zero-order chi connectivity index (χ0) is 20.2. The summed E-state index contributed by atoms with van der Waals surface area (Å²) < 4.78 is 6.41. The van der Waals surface area contributed by atoms with Gasteiger partial charge in [-0.3, -0.25) is 14.9 Å². The molecule has 0 saturated carbocycles. The van der Waals surface area contributed by atoms with Crippen molar-refractivity contribution in [2.75, 3.05) is 0 Å². The molecule has 0 fully saturated rings. The molecule has 144 valence electrons. The standard InChI is InChI=1S/C21H14N2O4S2/c24-20-17(22-21(29-20)28-13-14-6-2-1-3-7-14)12-15-10-11-19(27-15)16-8-4-5-9-18(16)23(25)26/h1-12H,13H2. The van der Waals surface area contributed by atoms with E-state index in [2.05, 4.69) is 4.99 Å². The van der Waals surface area contributed by atoms with E-state index >= 15 is 0 Å².